The lowest BCUT2D eigenvalue weighted by molar-refractivity contribution is 0.311. The summed E-state index contributed by atoms with van der Waals surface area (Å²) in [5.41, 5.74) is 4.48. The van der Waals surface area contributed by atoms with Crippen LogP contribution < -0.4 is 25.0 Å². The van der Waals surface area contributed by atoms with Gasteiger partial charge >= 0.3 is 0 Å². The van der Waals surface area contributed by atoms with Gasteiger partial charge in [-0.25, -0.2) is 0 Å². The molecule has 7 heteroatoms. The molecule has 132 valence electrons. The molecule has 0 unspecified atom stereocenters. The average Bonchev–Trinajstić information content (AvgIpc) is 2.63. The standard InChI is InChI=1S/C18H21N3O3S/c1-4-24-17-11-13(5-10-16(17)23-3)12-19-21-18(25)20-14-6-8-15(22-2)9-7-14/h5-12H,4H2,1-3H3,(H2,20,21,25)/b19-12-. The van der Waals surface area contributed by atoms with Gasteiger partial charge in [0.15, 0.2) is 16.6 Å². The van der Waals surface area contributed by atoms with Crippen molar-refractivity contribution in [1.82, 2.24) is 5.43 Å². The summed E-state index contributed by atoms with van der Waals surface area (Å²) in [5, 5.41) is 7.55. The summed E-state index contributed by atoms with van der Waals surface area (Å²) in [6.45, 7) is 2.48. The van der Waals surface area contributed by atoms with Crippen molar-refractivity contribution < 1.29 is 14.2 Å². The number of thiocarbonyl (C=S) groups is 1. The summed E-state index contributed by atoms with van der Waals surface area (Å²) in [6.07, 6.45) is 1.66. The number of rotatable bonds is 7. The van der Waals surface area contributed by atoms with Crippen LogP contribution in [0.2, 0.25) is 0 Å². The lowest BCUT2D eigenvalue weighted by Crippen LogP contribution is -2.23. The Labute approximate surface area is 152 Å². The molecule has 6 nitrogen and oxygen atoms in total. The molecule has 0 atom stereocenters. The first-order valence-electron chi connectivity index (χ1n) is 7.71. The smallest absolute Gasteiger partial charge is 0.191 e. The van der Waals surface area contributed by atoms with Crippen molar-refractivity contribution >= 4 is 29.2 Å². The first-order chi connectivity index (χ1) is 12.2. The predicted octanol–water partition coefficient (Wildman–Crippen LogP) is 3.42. The van der Waals surface area contributed by atoms with Crippen LogP contribution in [0.4, 0.5) is 5.69 Å². The van der Waals surface area contributed by atoms with Crippen LogP contribution in [0, 0.1) is 0 Å². The molecule has 2 aromatic carbocycles. The van der Waals surface area contributed by atoms with Crippen molar-refractivity contribution in [2.45, 2.75) is 6.92 Å². The minimum atomic E-state index is 0.389. The van der Waals surface area contributed by atoms with Crippen molar-refractivity contribution in [3.8, 4) is 17.2 Å². The molecule has 2 rings (SSSR count). The number of hydrazone groups is 1. The van der Waals surface area contributed by atoms with Gasteiger partial charge in [-0.3, -0.25) is 5.43 Å². The molecular formula is C18H21N3O3S. The van der Waals surface area contributed by atoms with E-state index in [1.807, 2.05) is 49.4 Å². The fraction of sp³-hybridized carbons (Fsp3) is 0.222. The number of hydrogen-bond acceptors (Lipinski definition) is 5. The number of nitrogens with zero attached hydrogens (tertiary/aromatic N) is 1. The van der Waals surface area contributed by atoms with Gasteiger partial charge in [-0.2, -0.15) is 5.10 Å². The summed E-state index contributed by atoms with van der Waals surface area (Å²) < 4.78 is 15.9. The first-order valence-corrected chi connectivity index (χ1v) is 8.12. The van der Waals surface area contributed by atoms with Crippen molar-refractivity contribution in [3.63, 3.8) is 0 Å². The molecule has 0 bridgehead atoms. The Balaban J connectivity index is 1.93. The summed E-state index contributed by atoms with van der Waals surface area (Å²) in [5.74, 6) is 2.14. The van der Waals surface area contributed by atoms with E-state index in [0.717, 1.165) is 17.0 Å². The fourth-order valence-corrected chi connectivity index (χ4v) is 2.21. The third-order valence-corrected chi connectivity index (χ3v) is 3.41. The van der Waals surface area contributed by atoms with Crippen LogP contribution in [0.25, 0.3) is 0 Å². The molecule has 0 heterocycles. The number of anilines is 1. The van der Waals surface area contributed by atoms with Crippen molar-refractivity contribution in [2.75, 3.05) is 26.1 Å². The number of ether oxygens (including phenoxy) is 3. The molecule has 0 amide bonds. The second-order valence-electron chi connectivity index (χ2n) is 4.90. The van der Waals surface area contributed by atoms with Gasteiger partial charge in [-0.1, -0.05) is 0 Å². The summed E-state index contributed by atoms with van der Waals surface area (Å²) in [4.78, 5) is 0. The topological polar surface area (TPSA) is 64.1 Å². The fourth-order valence-electron chi connectivity index (χ4n) is 2.04. The molecule has 25 heavy (non-hydrogen) atoms. The van der Waals surface area contributed by atoms with Crippen LogP contribution in [0.1, 0.15) is 12.5 Å². The minimum absolute atomic E-state index is 0.389. The molecule has 2 N–H and O–H groups in total. The van der Waals surface area contributed by atoms with Crippen LogP contribution in [-0.2, 0) is 0 Å². The van der Waals surface area contributed by atoms with E-state index in [9.17, 15) is 0 Å². The van der Waals surface area contributed by atoms with E-state index in [0.29, 0.717) is 23.2 Å². The monoisotopic (exact) mass is 359 g/mol. The second kappa shape index (κ2) is 9.48. The first kappa shape index (κ1) is 18.5. The van der Waals surface area contributed by atoms with E-state index in [4.69, 9.17) is 26.4 Å². The van der Waals surface area contributed by atoms with E-state index >= 15 is 0 Å². The third-order valence-electron chi connectivity index (χ3n) is 3.22. The number of hydrogen-bond donors (Lipinski definition) is 2. The molecule has 0 aliphatic heterocycles. The largest absolute Gasteiger partial charge is 0.497 e. The normalized spacial score (nSPS) is 10.4. The van der Waals surface area contributed by atoms with E-state index in [1.54, 1.807) is 20.4 Å². The van der Waals surface area contributed by atoms with Crippen molar-refractivity contribution in [1.29, 1.82) is 0 Å². The van der Waals surface area contributed by atoms with Gasteiger partial charge in [-0.05, 0) is 67.2 Å². The molecule has 0 saturated heterocycles. The minimum Gasteiger partial charge on any atom is -0.497 e. The zero-order chi connectivity index (χ0) is 18.1. The van der Waals surface area contributed by atoms with Crippen molar-refractivity contribution in [2.24, 2.45) is 5.10 Å². The van der Waals surface area contributed by atoms with Crippen LogP contribution >= 0.6 is 12.2 Å². The molecular weight excluding hydrogens is 338 g/mol. The van der Waals surface area contributed by atoms with Gasteiger partial charge in [0, 0.05) is 5.69 Å². The molecule has 0 radical (unpaired) electrons. The summed E-state index contributed by atoms with van der Waals surface area (Å²) in [7, 11) is 3.23. The highest BCUT2D eigenvalue weighted by molar-refractivity contribution is 7.80. The predicted molar refractivity (Wildman–Crippen MR) is 104 cm³/mol. The molecule has 0 fully saturated rings. The van der Waals surface area contributed by atoms with Gasteiger partial charge in [-0.15, -0.1) is 0 Å². The molecule has 0 aromatic heterocycles. The van der Waals surface area contributed by atoms with Crippen molar-refractivity contribution in [3.05, 3.63) is 48.0 Å². The number of methoxy groups -OCH3 is 2. The summed E-state index contributed by atoms with van der Waals surface area (Å²) >= 11 is 5.21. The van der Waals surface area contributed by atoms with Crippen LogP contribution in [0.5, 0.6) is 17.2 Å². The van der Waals surface area contributed by atoms with Crippen LogP contribution in [0.15, 0.2) is 47.6 Å². The molecule has 0 saturated carbocycles. The third kappa shape index (κ3) is 5.65. The average molecular weight is 359 g/mol. The Hall–Kier alpha value is -2.80. The van der Waals surface area contributed by atoms with Gasteiger partial charge in [0.2, 0.25) is 0 Å². The Kier molecular flexibility index (Phi) is 7.03. The maximum absolute atomic E-state index is 5.54. The number of nitrogens with one attached hydrogen (secondary N) is 2. The van der Waals surface area contributed by atoms with E-state index < -0.39 is 0 Å². The van der Waals surface area contributed by atoms with Crippen LogP contribution in [0.3, 0.4) is 0 Å². The SMILES string of the molecule is CCOc1cc(/C=N\NC(=S)Nc2ccc(OC)cc2)ccc1OC. The number of benzene rings is 2. The van der Waals surface area contributed by atoms with Gasteiger partial charge in [0.25, 0.3) is 0 Å². The van der Waals surface area contributed by atoms with E-state index in [-0.39, 0.29) is 0 Å². The maximum Gasteiger partial charge on any atom is 0.191 e. The zero-order valence-electron chi connectivity index (χ0n) is 14.4. The highest BCUT2D eigenvalue weighted by Crippen LogP contribution is 2.27. The Bertz CT molecular complexity index is 733. The van der Waals surface area contributed by atoms with Crippen LogP contribution in [-0.4, -0.2) is 32.2 Å². The lowest BCUT2D eigenvalue weighted by atomic mass is 10.2. The van der Waals surface area contributed by atoms with E-state index in [1.165, 1.54) is 0 Å². The van der Waals surface area contributed by atoms with Gasteiger partial charge in [0.1, 0.15) is 5.75 Å². The Morgan fingerprint density at radius 1 is 1.08 bits per heavy atom. The van der Waals surface area contributed by atoms with Gasteiger partial charge < -0.3 is 19.5 Å². The zero-order valence-corrected chi connectivity index (χ0v) is 15.2. The molecule has 0 aliphatic carbocycles. The highest BCUT2D eigenvalue weighted by Gasteiger charge is 2.04. The quantitative estimate of drug-likeness (QED) is 0.449. The highest BCUT2D eigenvalue weighted by atomic mass is 32.1. The Morgan fingerprint density at radius 2 is 1.84 bits per heavy atom. The molecule has 0 aliphatic rings. The molecule has 0 spiro atoms. The van der Waals surface area contributed by atoms with E-state index in [2.05, 4.69) is 15.8 Å². The van der Waals surface area contributed by atoms with Gasteiger partial charge in [0.05, 0.1) is 27.0 Å². The summed E-state index contributed by atoms with van der Waals surface area (Å²) in [6, 6.07) is 13.0. The lowest BCUT2D eigenvalue weighted by Gasteiger charge is -2.10. The second-order valence-corrected chi connectivity index (χ2v) is 5.30. The molecule has 2 aromatic rings. The Morgan fingerprint density at radius 3 is 2.48 bits per heavy atom. The maximum atomic E-state index is 5.54.